The highest BCUT2D eigenvalue weighted by atomic mass is 79.9. The fourth-order valence-corrected chi connectivity index (χ4v) is 1.98. The quantitative estimate of drug-likeness (QED) is 0.817. The van der Waals surface area contributed by atoms with Crippen LogP contribution in [0, 0.1) is 5.82 Å². The van der Waals surface area contributed by atoms with Crippen molar-refractivity contribution in [2.75, 3.05) is 7.11 Å². The summed E-state index contributed by atoms with van der Waals surface area (Å²) in [5.41, 5.74) is 0.373. The van der Waals surface area contributed by atoms with E-state index in [-0.39, 0.29) is 21.5 Å². The van der Waals surface area contributed by atoms with Gasteiger partial charge in [0.15, 0.2) is 5.69 Å². The number of halogens is 2. The minimum Gasteiger partial charge on any atom is -0.494 e. The molecule has 92 valence electrons. The van der Waals surface area contributed by atoms with Crippen LogP contribution in [0.2, 0.25) is 0 Å². The van der Waals surface area contributed by atoms with Gasteiger partial charge in [0, 0.05) is 11.8 Å². The van der Waals surface area contributed by atoms with Crippen molar-refractivity contribution in [1.82, 2.24) is 4.98 Å². The average Bonchev–Trinajstić information content (AvgIpc) is 2.41. The van der Waals surface area contributed by atoms with Gasteiger partial charge in [0.25, 0.3) is 0 Å². The second-order valence-electron chi connectivity index (χ2n) is 3.48. The Morgan fingerprint density at radius 3 is 2.83 bits per heavy atom. The molecule has 1 aromatic carbocycles. The van der Waals surface area contributed by atoms with Crippen LogP contribution in [0.25, 0.3) is 0 Å². The third-order valence-electron chi connectivity index (χ3n) is 2.40. The van der Waals surface area contributed by atoms with Crippen LogP contribution in [0.4, 0.5) is 4.39 Å². The first-order chi connectivity index (χ1) is 8.65. The molecule has 0 aliphatic carbocycles. The van der Waals surface area contributed by atoms with Gasteiger partial charge in [0.2, 0.25) is 5.78 Å². The predicted molar refractivity (Wildman–Crippen MR) is 68.3 cm³/mol. The minimum atomic E-state index is -0.490. The number of ether oxygens (including phenoxy) is 1. The van der Waals surface area contributed by atoms with Gasteiger partial charge in [-0.15, -0.1) is 0 Å². The molecule has 3 nitrogen and oxygen atoms in total. The van der Waals surface area contributed by atoms with Crippen molar-refractivity contribution >= 4 is 21.7 Å². The lowest BCUT2D eigenvalue weighted by Gasteiger charge is -2.07. The normalized spacial score (nSPS) is 10.2. The number of benzene rings is 1. The van der Waals surface area contributed by atoms with Gasteiger partial charge in [-0.3, -0.25) is 4.79 Å². The van der Waals surface area contributed by atoms with Crippen LogP contribution in [0.15, 0.2) is 41.0 Å². The summed E-state index contributed by atoms with van der Waals surface area (Å²) in [6.07, 6.45) is 1.49. The Bertz CT molecular complexity index is 601. The maximum absolute atomic E-state index is 13.4. The van der Waals surface area contributed by atoms with Crippen LogP contribution in [0.3, 0.4) is 0 Å². The molecule has 0 bridgehead atoms. The Hall–Kier alpha value is -1.75. The largest absolute Gasteiger partial charge is 0.494 e. The number of nitrogens with zero attached hydrogens (tertiary/aromatic N) is 1. The van der Waals surface area contributed by atoms with Crippen LogP contribution >= 0.6 is 15.9 Å². The van der Waals surface area contributed by atoms with E-state index in [1.807, 2.05) is 0 Å². The highest BCUT2D eigenvalue weighted by molar-refractivity contribution is 9.10. The number of aromatic nitrogens is 1. The van der Waals surface area contributed by atoms with E-state index in [2.05, 4.69) is 20.9 Å². The Morgan fingerprint density at radius 2 is 2.11 bits per heavy atom. The minimum absolute atomic E-state index is 0.128. The summed E-state index contributed by atoms with van der Waals surface area (Å²) >= 11 is 3.06. The van der Waals surface area contributed by atoms with Crippen LogP contribution in [0.1, 0.15) is 16.1 Å². The van der Waals surface area contributed by atoms with Crippen molar-refractivity contribution < 1.29 is 13.9 Å². The lowest BCUT2D eigenvalue weighted by Crippen LogP contribution is -2.07. The molecule has 2 rings (SSSR count). The number of ketones is 1. The Labute approximate surface area is 112 Å². The molecule has 0 fully saturated rings. The van der Waals surface area contributed by atoms with Gasteiger partial charge in [0.05, 0.1) is 11.6 Å². The molecule has 0 saturated heterocycles. The summed E-state index contributed by atoms with van der Waals surface area (Å²) in [5.74, 6) is -0.520. The number of rotatable bonds is 3. The maximum Gasteiger partial charge on any atom is 0.216 e. The summed E-state index contributed by atoms with van der Waals surface area (Å²) in [6, 6.07) is 7.58. The summed E-state index contributed by atoms with van der Waals surface area (Å²) in [4.78, 5) is 16.2. The number of methoxy groups -OCH3 is 1. The van der Waals surface area contributed by atoms with E-state index in [4.69, 9.17) is 4.74 Å². The number of carbonyl (C=O) groups excluding carboxylic acids is 1. The van der Waals surface area contributed by atoms with E-state index in [9.17, 15) is 9.18 Å². The van der Waals surface area contributed by atoms with Gasteiger partial charge in [-0.2, -0.15) is 0 Å². The van der Waals surface area contributed by atoms with Gasteiger partial charge in [-0.1, -0.05) is 6.07 Å². The van der Waals surface area contributed by atoms with Crippen molar-refractivity contribution in [1.29, 1.82) is 0 Å². The standard InChI is InChI=1S/C13H9BrFNO2/c1-18-10-6-3-7-16-12(10)13(17)8-4-2-5-9(15)11(8)14/h2-7H,1H3. The van der Waals surface area contributed by atoms with Crippen molar-refractivity contribution in [3.05, 3.63) is 58.1 Å². The van der Waals surface area contributed by atoms with Crippen LogP contribution < -0.4 is 4.74 Å². The Morgan fingerprint density at radius 1 is 1.33 bits per heavy atom. The lowest BCUT2D eigenvalue weighted by atomic mass is 10.1. The molecule has 0 radical (unpaired) electrons. The summed E-state index contributed by atoms with van der Waals surface area (Å²) in [7, 11) is 1.45. The number of hydrogen-bond acceptors (Lipinski definition) is 3. The maximum atomic E-state index is 13.4. The molecular formula is C13H9BrFNO2. The molecule has 0 aliphatic rings. The molecule has 0 unspecified atom stereocenters. The van der Waals surface area contributed by atoms with Crippen molar-refractivity contribution in [3.63, 3.8) is 0 Å². The molecule has 0 saturated carbocycles. The summed E-state index contributed by atoms with van der Waals surface area (Å²) < 4.78 is 18.6. The number of carbonyl (C=O) groups is 1. The van der Waals surface area contributed by atoms with Crippen molar-refractivity contribution in [3.8, 4) is 5.75 Å². The van der Waals surface area contributed by atoms with Gasteiger partial charge in [-0.25, -0.2) is 9.37 Å². The zero-order valence-corrected chi connectivity index (χ0v) is 11.1. The molecule has 1 aromatic heterocycles. The fraction of sp³-hybridized carbons (Fsp3) is 0.0769. The average molecular weight is 310 g/mol. The van der Waals surface area contributed by atoms with Crippen LogP contribution in [0.5, 0.6) is 5.75 Å². The second kappa shape index (κ2) is 5.27. The second-order valence-corrected chi connectivity index (χ2v) is 4.28. The van der Waals surface area contributed by atoms with E-state index >= 15 is 0 Å². The van der Waals surface area contributed by atoms with E-state index in [0.29, 0.717) is 5.75 Å². The third-order valence-corrected chi connectivity index (χ3v) is 3.21. The molecule has 1 heterocycles. The van der Waals surface area contributed by atoms with E-state index in [1.165, 1.54) is 31.5 Å². The first kappa shape index (κ1) is 12.7. The molecule has 2 aromatic rings. The third kappa shape index (κ3) is 2.26. The van der Waals surface area contributed by atoms with Gasteiger partial charge in [-0.05, 0) is 40.2 Å². The zero-order chi connectivity index (χ0) is 13.1. The van der Waals surface area contributed by atoms with Crippen LogP contribution in [-0.2, 0) is 0 Å². The highest BCUT2D eigenvalue weighted by Crippen LogP contribution is 2.25. The molecule has 0 atom stereocenters. The molecule has 18 heavy (non-hydrogen) atoms. The van der Waals surface area contributed by atoms with E-state index in [1.54, 1.807) is 12.1 Å². The van der Waals surface area contributed by atoms with Crippen molar-refractivity contribution in [2.24, 2.45) is 0 Å². The SMILES string of the molecule is COc1cccnc1C(=O)c1cccc(F)c1Br. The highest BCUT2D eigenvalue weighted by Gasteiger charge is 2.19. The molecule has 0 N–H and O–H groups in total. The molecule has 0 spiro atoms. The molecule has 0 amide bonds. The Balaban J connectivity index is 2.52. The molecule has 0 aliphatic heterocycles. The van der Waals surface area contributed by atoms with Gasteiger partial charge in [0.1, 0.15) is 11.6 Å². The summed E-state index contributed by atoms with van der Waals surface area (Å²) in [5, 5.41) is 0. The molecule has 5 heteroatoms. The predicted octanol–water partition coefficient (Wildman–Crippen LogP) is 3.22. The monoisotopic (exact) mass is 309 g/mol. The van der Waals surface area contributed by atoms with Crippen molar-refractivity contribution in [2.45, 2.75) is 0 Å². The Kier molecular flexibility index (Phi) is 3.72. The first-order valence-corrected chi connectivity index (χ1v) is 5.92. The van der Waals surface area contributed by atoms with E-state index in [0.717, 1.165) is 0 Å². The number of hydrogen-bond donors (Lipinski definition) is 0. The molecular weight excluding hydrogens is 301 g/mol. The zero-order valence-electron chi connectivity index (χ0n) is 9.48. The summed E-state index contributed by atoms with van der Waals surface area (Å²) in [6.45, 7) is 0. The van der Waals surface area contributed by atoms with Gasteiger partial charge >= 0.3 is 0 Å². The smallest absolute Gasteiger partial charge is 0.216 e. The fourth-order valence-electron chi connectivity index (χ4n) is 1.53. The lowest BCUT2D eigenvalue weighted by molar-refractivity contribution is 0.103. The van der Waals surface area contributed by atoms with Crippen LogP contribution in [-0.4, -0.2) is 17.9 Å². The first-order valence-electron chi connectivity index (χ1n) is 5.13. The van der Waals surface area contributed by atoms with Gasteiger partial charge < -0.3 is 4.74 Å². The van der Waals surface area contributed by atoms with E-state index < -0.39 is 5.82 Å². The number of pyridine rings is 1. The topological polar surface area (TPSA) is 39.2 Å².